The van der Waals surface area contributed by atoms with Gasteiger partial charge in [0, 0.05) is 0 Å². The van der Waals surface area contributed by atoms with Crippen molar-refractivity contribution < 1.29 is 14.3 Å². The van der Waals surface area contributed by atoms with Crippen molar-refractivity contribution in [3.8, 4) is 0 Å². The van der Waals surface area contributed by atoms with Gasteiger partial charge in [0.25, 0.3) is 5.91 Å². The minimum atomic E-state index is -0.722. The molecule has 6 nitrogen and oxygen atoms in total. The molecule has 0 aromatic rings. The Morgan fingerprint density at radius 3 is 2.83 bits per heavy atom. The van der Waals surface area contributed by atoms with E-state index in [0.29, 0.717) is 19.0 Å². The number of hydrogen-bond acceptors (Lipinski definition) is 4. The molecule has 6 heteroatoms. The van der Waals surface area contributed by atoms with Crippen LogP contribution in [-0.4, -0.2) is 37.0 Å². The largest absolute Gasteiger partial charge is 0.477 e. The number of carbonyl (C=O) groups is 2. The fraction of sp³-hybridized carbons (Fsp3) is 0.500. The number of hydrogen-bond donors (Lipinski definition) is 2. The number of nitrogens with zero attached hydrogens (tertiary/aromatic N) is 1. The lowest BCUT2D eigenvalue weighted by Crippen LogP contribution is -2.37. The van der Waals surface area contributed by atoms with Crippen molar-refractivity contribution in [2.45, 2.75) is 6.04 Å². The van der Waals surface area contributed by atoms with Gasteiger partial charge in [0.2, 0.25) is 5.90 Å². The van der Waals surface area contributed by atoms with Crippen molar-refractivity contribution in [2.75, 3.05) is 13.2 Å². The zero-order chi connectivity index (χ0) is 8.55. The SMILES string of the molecule is O=C1NC(=O)C(C2=NCCO2)N1. The van der Waals surface area contributed by atoms with E-state index in [1.54, 1.807) is 0 Å². The van der Waals surface area contributed by atoms with Crippen LogP contribution in [0.4, 0.5) is 4.79 Å². The molecule has 2 aliphatic rings. The van der Waals surface area contributed by atoms with E-state index in [1.165, 1.54) is 0 Å². The van der Waals surface area contributed by atoms with Crippen molar-refractivity contribution in [3.63, 3.8) is 0 Å². The second-order valence-corrected chi connectivity index (χ2v) is 2.46. The first kappa shape index (κ1) is 7.08. The molecule has 2 rings (SSSR count). The van der Waals surface area contributed by atoms with Crippen LogP contribution < -0.4 is 10.6 Å². The Bertz CT molecular complexity index is 273. The molecule has 64 valence electrons. The molecule has 0 aromatic carbocycles. The van der Waals surface area contributed by atoms with Gasteiger partial charge in [-0.15, -0.1) is 0 Å². The lowest BCUT2D eigenvalue weighted by atomic mass is 10.3. The average Bonchev–Trinajstić information content (AvgIpc) is 2.58. The van der Waals surface area contributed by atoms with Crippen LogP contribution in [0, 0.1) is 0 Å². The zero-order valence-electron chi connectivity index (χ0n) is 6.16. The molecule has 3 amide bonds. The number of aliphatic imine (C=N–C) groups is 1. The Kier molecular flexibility index (Phi) is 1.46. The van der Waals surface area contributed by atoms with E-state index in [2.05, 4.69) is 15.6 Å². The summed E-state index contributed by atoms with van der Waals surface area (Å²) >= 11 is 0. The van der Waals surface area contributed by atoms with Gasteiger partial charge in [-0.05, 0) is 0 Å². The number of rotatable bonds is 1. The van der Waals surface area contributed by atoms with Crippen LogP contribution in [-0.2, 0) is 9.53 Å². The van der Waals surface area contributed by atoms with Gasteiger partial charge in [-0.3, -0.25) is 10.1 Å². The minimum absolute atomic E-state index is 0.304. The minimum Gasteiger partial charge on any atom is -0.477 e. The summed E-state index contributed by atoms with van der Waals surface area (Å²) in [5, 5.41) is 4.48. The predicted molar refractivity (Wildman–Crippen MR) is 38.7 cm³/mol. The molecule has 2 heterocycles. The molecule has 0 aliphatic carbocycles. The maximum Gasteiger partial charge on any atom is 0.322 e. The molecule has 2 N–H and O–H groups in total. The van der Waals surface area contributed by atoms with Gasteiger partial charge < -0.3 is 10.1 Å². The molecule has 0 spiro atoms. The van der Waals surface area contributed by atoms with Crippen molar-refractivity contribution >= 4 is 17.8 Å². The summed E-state index contributed by atoms with van der Waals surface area (Å²) in [5.41, 5.74) is 0. The third-order valence-electron chi connectivity index (χ3n) is 1.63. The van der Waals surface area contributed by atoms with E-state index < -0.39 is 18.0 Å². The monoisotopic (exact) mass is 169 g/mol. The van der Waals surface area contributed by atoms with Gasteiger partial charge in [0.15, 0.2) is 6.04 Å². The van der Waals surface area contributed by atoms with Crippen molar-refractivity contribution in [1.82, 2.24) is 10.6 Å². The molecule has 0 saturated carbocycles. The summed E-state index contributed by atoms with van der Waals surface area (Å²) in [6.07, 6.45) is 0. The number of carbonyl (C=O) groups excluding carboxylic acids is 2. The fourth-order valence-electron chi connectivity index (χ4n) is 1.12. The first-order chi connectivity index (χ1) is 5.77. The number of imide groups is 1. The average molecular weight is 169 g/mol. The normalized spacial score (nSPS) is 27.7. The first-order valence-corrected chi connectivity index (χ1v) is 3.56. The molecule has 1 unspecified atom stereocenters. The molecular weight excluding hydrogens is 162 g/mol. The van der Waals surface area contributed by atoms with Gasteiger partial charge in [-0.2, -0.15) is 0 Å². The van der Waals surface area contributed by atoms with Crippen LogP contribution in [0.15, 0.2) is 4.99 Å². The third kappa shape index (κ3) is 1.01. The van der Waals surface area contributed by atoms with Crippen LogP contribution in [0.3, 0.4) is 0 Å². The smallest absolute Gasteiger partial charge is 0.322 e. The predicted octanol–water partition coefficient (Wildman–Crippen LogP) is -1.38. The number of ether oxygens (including phenoxy) is 1. The highest BCUT2D eigenvalue weighted by molar-refractivity contribution is 6.16. The van der Waals surface area contributed by atoms with E-state index in [9.17, 15) is 9.59 Å². The van der Waals surface area contributed by atoms with Gasteiger partial charge in [-0.25, -0.2) is 9.79 Å². The summed E-state index contributed by atoms with van der Waals surface area (Å²) in [6, 6.07) is -1.22. The van der Waals surface area contributed by atoms with E-state index in [0.717, 1.165) is 0 Å². The molecule has 0 aromatic heterocycles. The Hall–Kier alpha value is -1.59. The molecule has 12 heavy (non-hydrogen) atoms. The van der Waals surface area contributed by atoms with Gasteiger partial charge in [0.1, 0.15) is 6.61 Å². The number of nitrogens with one attached hydrogen (secondary N) is 2. The Morgan fingerprint density at radius 1 is 1.50 bits per heavy atom. The van der Waals surface area contributed by atoms with Crippen LogP contribution in [0.1, 0.15) is 0 Å². The standard InChI is InChI=1S/C6H7N3O3/c10-4-3(8-6(11)9-4)5-7-1-2-12-5/h3H,1-2H2,(H2,8,9,10,11). The van der Waals surface area contributed by atoms with E-state index in [-0.39, 0.29) is 0 Å². The molecule has 1 saturated heterocycles. The number of urea groups is 1. The maximum atomic E-state index is 11.0. The van der Waals surface area contributed by atoms with Crippen molar-refractivity contribution in [2.24, 2.45) is 4.99 Å². The number of amides is 3. The Morgan fingerprint density at radius 2 is 2.33 bits per heavy atom. The third-order valence-corrected chi connectivity index (χ3v) is 1.63. The lowest BCUT2D eigenvalue weighted by Gasteiger charge is -2.05. The topological polar surface area (TPSA) is 79.8 Å². The second kappa shape index (κ2) is 2.47. The molecule has 0 radical (unpaired) electrons. The highest BCUT2D eigenvalue weighted by Gasteiger charge is 2.36. The van der Waals surface area contributed by atoms with Gasteiger partial charge >= 0.3 is 6.03 Å². The fourth-order valence-corrected chi connectivity index (χ4v) is 1.12. The molecule has 0 bridgehead atoms. The summed E-state index contributed by atoms with van der Waals surface area (Å²) < 4.78 is 5.03. The van der Waals surface area contributed by atoms with Gasteiger partial charge in [0.05, 0.1) is 6.54 Å². The van der Waals surface area contributed by atoms with Crippen LogP contribution in [0.2, 0.25) is 0 Å². The quantitative estimate of drug-likeness (QED) is 0.475. The van der Waals surface area contributed by atoms with Crippen molar-refractivity contribution in [1.29, 1.82) is 0 Å². The molecule has 1 fully saturated rings. The lowest BCUT2D eigenvalue weighted by molar-refractivity contribution is -0.119. The van der Waals surface area contributed by atoms with Gasteiger partial charge in [-0.1, -0.05) is 0 Å². The van der Waals surface area contributed by atoms with Crippen molar-refractivity contribution in [3.05, 3.63) is 0 Å². The van der Waals surface area contributed by atoms with Crippen LogP contribution >= 0.6 is 0 Å². The zero-order valence-corrected chi connectivity index (χ0v) is 6.16. The van der Waals surface area contributed by atoms with E-state index in [1.807, 2.05) is 0 Å². The second-order valence-electron chi connectivity index (χ2n) is 2.46. The van der Waals surface area contributed by atoms with Crippen LogP contribution in [0.25, 0.3) is 0 Å². The summed E-state index contributed by atoms with van der Waals surface area (Å²) in [4.78, 5) is 25.6. The van der Waals surface area contributed by atoms with E-state index in [4.69, 9.17) is 4.74 Å². The van der Waals surface area contributed by atoms with Crippen LogP contribution in [0.5, 0.6) is 0 Å². The first-order valence-electron chi connectivity index (χ1n) is 3.56. The highest BCUT2D eigenvalue weighted by atomic mass is 16.5. The summed E-state index contributed by atoms with van der Waals surface area (Å²) in [5.74, 6) is -0.0981. The highest BCUT2D eigenvalue weighted by Crippen LogP contribution is 2.03. The van der Waals surface area contributed by atoms with E-state index >= 15 is 0 Å². The maximum absolute atomic E-state index is 11.0. The molecular formula is C6H7N3O3. The molecule has 1 atom stereocenters. The molecule has 2 aliphatic heterocycles. The Labute approximate surface area is 68.0 Å². The summed E-state index contributed by atoms with van der Waals surface area (Å²) in [7, 11) is 0. The summed E-state index contributed by atoms with van der Waals surface area (Å²) in [6.45, 7) is 1.03. The Balaban J connectivity index is 2.13.